The Morgan fingerprint density at radius 2 is 1.29 bits per heavy atom. The minimum atomic E-state index is -3.57. The average Bonchev–Trinajstić information content (AvgIpc) is 2.89. The summed E-state index contributed by atoms with van der Waals surface area (Å²) in [5.74, 6) is -0.377. The number of hydrogen-bond donors (Lipinski definition) is 2. The number of hydrogen-bond acceptors (Lipinski definition) is 5. The summed E-state index contributed by atoms with van der Waals surface area (Å²) < 4.78 is 27.0. The molecule has 4 rings (SSSR count). The summed E-state index contributed by atoms with van der Waals surface area (Å²) in [6.45, 7) is 1.15. The molecular weight excluding hydrogens is 452 g/mol. The van der Waals surface area contributed by atoms with Gasteiger partial charge in [0.25, 0.3) is 5.91 Å². The van der Waals surface area contributed by atoms with Crippen LogP contribution in [-0.2, 0) is 14.8 Å². The zero-order valence-corrected chi connectivity index (χ0v) is 19.4. The van der Waals surface area contributed by atoms with E-state index in [0.29, 0.717) is 30.0 Å². The zero-order chi connectivity index (χ0) is 24.0. The summed E-state index contributed by atoms with van der Waals surface area (Å²) in [5.41, 5.74) is 1.74. The van der Waals surface area contributed by atoms with Crippen molar-refractivity contribution in [2.45, 2.75) is 4.90 Å². The molecule has 3 aromatic rings. The first-order chi connectivity index (χ1) is 16.4. The van der Waals surface area contributed by atoms with E-state index in [4.69, 9.17) is 0 Å². The van der Waals surface area contributed by atoms with Crippen molar-refractivity contribution in [3.63, 3.8) is 0 Å². The van der Waals surface area contributed by atoms with Crippen LogP contribution in [0.15, 0.2) is 89.8 Å². The van der Waals surface area contributed by atoms with E-state index < -0.39 is 10.0 Å². The van der Waals surface area contributed by atoms with Gasteiger partial charge in [-0.3, -0.25) is 9.59 Å². The average molecular weight is 479 g/mol. The maximum atomic E-state index is 12.8. The fourth-order valence-corrected chi connectivity index (χ4v) is 5.18. The second-order valence-corrected chi connectivity index (χ2v) is 9.76. The molecule has 1 heterocycles. The van der Waals surface area contributed by atoms with E-state index in [1.165, 1.54) is 4.31 Å². The molecule has 34 heavy (non-hydrogen) atoms. The van der Waals surface area contributed by atoms with Gasteiger partial charge in [0.1, 0.15) is 0 Å². The molecule has 0 aliphatic carbocycles. The second kappa shape index (κ2) is 10.5. The van der Waals surface area contributed by atoms with E-state index >= 15 is 0 Å². The molecule has 176 valence electrons. The quantitative estimate of drug-likeness (QED) is 0.544. The van der Waals surface area contributed by atoms with E-state index in [-0.39, 0.29) is 36.3 Å². The SMILES string of the molecule is O=C(Nc1ccccc1NCC(=O)N1CCN(S(=O)(=O)c2ccccc2)CC1)c1ccccc1. The fraction of sp³-hybridized carbons (Fsp3) is 0.200. The maximum Gasteiger partial charge on any atom is 0.255 e. The van der Waals surface area contributed by atoms with Crippen molar-refractivity contribution in [2.75, 3.05) is 43.4 Å². The summed E-state index contributed by atoms with van der Waals surface area (Å²) in [6, 6.07) is 24.4. The van der Waals surface area contributed by atoms with E-state index in [1.54, 1.807) is 77.7 Å². The molecule has 9 heteroatoms. The molecule has 0 unspecified atom stereocenters. The van der Waals surface area contributed by atoms with Crippen LogP contribution in [0.2, 0.25) is 0 Å². The first-order valence-electron chi connectivity index (χ1n) is 11.0. The highest BCUT2D eigenvalue weighted by molar-refractivity contribution is 7.89. The molecule has 2 N–H and O–H groups in total. The Hall–Kier alpha value is -3.69. The lowest BCUT2D eigenvalue weighted by atomic mass is 10.2. The molecule has 0 bridgehead atoms. The Bertz CT molecular complexity index is 1240. The third-order valence-electron chi connectivity index (χ3n) is 5.61. The first kappa shape index (κ1) is 23.5. The largest absolute Gasteiger partial charge is 0.374 e. The van der Waals surface area contributed by atoms with Crippen LogP contribution in [0.5, 0.6) is 0 Å². The summed E-state index contributed by atoms with van der Waals surface area (Å²) in [5, 5.41) is 5.97. The van der Waals surface area contributed by atoms with Crippen LogP contribution in [0, 0.1) is 0 Å². The van der Waals surface area contributed by atoms with Gasteiger partial charge in [0.2, 0.25) is 15.9 Å². The summed E-state index contributed by atoms with van der Waals surface area (Å²) in [6.07, 6.45) is 0. The molecule has 0 radical (unpaired) electrons. The number of nitrogens with zero attached hydrogens (tertiary/aromatic N) is 2. The molecule has 3 aromatic carbocycles. The Kier molecular flexibility index (Phi) is 7.24. The zero-order valence-electron chi connectivity index (χ0n) is 18.6. The predicted octanol–water partition coefficient (Wildman–Crippen LogP) is 2.88. The summed E-state index contributed by atoms with van der Waals surface area (Å²) in [7, 11) is -3.57. The number of nitrogens with one attached hydrogen (secondary N) is 2. The van der Waals surface area contributed by atoms with Crippen molar-refractivity contribution in [1.29, 1.82) is 0 Å². The molecule has 1 aliphatic rings. The number of anilines is 2. The number of carbonyl (C=O) groups excluding carboxylic acids is 2. The maximum absolute atomic E-state index is 12.8. The Morgan fingerprint density at radius 1 is 0.735 bits per heavy atom. The van der Waals surface area contributed by atoms with Crippen LogP contribution in [0.3, 0.4) is 0 Å². The van der Waals surface area contributed by atoms with Gasteiger partial charge >= 0.3 is 0 Å². The van der Waals surface area contributed by atoms with Gasteiger partial charge in [-0.2, -0.15) is 4.31 Å². The first-order valence-corrected chi connectivity index (χ1v) is 12.4. The molecule has 0 spiro atoms. The number of amides is 2. The van der Waals surface area contributed by atoms with Gasteiger partial charge in [0, 0.05) is 31.7 Å². The van der Waals surface area contributed by atoms with Crippen LogP contribution in [-0.4, -0.2) is 62.2 Å². The number of sulfonamides is 1. The highest BCUT2D eigenvalue weighted by atomic mass is 32.2. The standard InChI is InChI=1S/C25H26N4O4S/c30-24(28-15-17-29(18-16-28)34(32,33)21-11-5-2-6-12-21)19-26-22-13-7-8-14-23(22)27-25(31)20-9-3-1-4-10-20/h1-14,26H,15-19H2,(H,27,31). The van der Waals surface area contributed by atoms with Gasteiger partial charge < -0.3 is 15.5 Å². The van der Waals surface area contributed by atoms with Crippen LogP contribution >= 0.6 is 0 Å². The lowest BCUT2D eigenvalue weighted by Crippen LogP contribution is -2.51. The fourth-order valence-electron chi connectivity index (χ4n) is 3.73. The number of rotatable bonds is 7. The molecule has 0 atom stereocenters. The number of para-hydroxylation sites is 2. The van der Waals surface area contributed by atoms with E-state index in [9.17, 15) is 18.0 Å². The highest BCUT2D eigenvalue weighted by Crippen LogP contribution is 2.22. The summed E-state index contributed by atoms with van der Waals surface area (Å²) in [4.78, 5) is 27.2. The van der Waals surface area contributed by atoms with Crippen LogP contribution in [0.25, 0.3) is 0 Å². The van der Waals surface area contributed by atoms with Crippen molar-refractivity contribution in [3.05, 3.63) is 90.5 Å². The molecular formula is C25H26N4O4S. The molecule has 1 aliphatic heterocycles. The van der Waals surface area contributed by atoms with Crippen molar-refractivity contribution in [1.82, 2.24) is 9.21 Å². The summed E-state index contributed by atoms with van der Waals surface area (Å²) >= 11 is 0. The van der Waals surface area contributed by atoms with E-state index in [2.05, 4.69) is 10.6 Å². The van der Waals surface area contributed by atoms with Gasteiger partial charge in [-0.1, -0.05) is 48.5 Å². The van der Waals surface area contributed by atoms with Gasteiger partial charge in [0.05, 0.1) is 22.8 Å². The lowest BCUT2D eigenvalue weighted by molar-refractivity contribution is -0.130. The van der Waals surface area contributed by atoms with Crippen molar-refractivity contribution in [3.8, 4) is 0 Å². The van der Waals surface area contributed by atoms with Crippen LogP contribution in [0.1, 0.15) is 10.4 Å². The molecule has 1 saturated heterocycles. The predicted molar refractivity (Wildman–Crippen MR) is 131 cm³/mol. The molecule has 0 saturated carbocycles. The Morgan fingerprint density at radius 3 is 1.94 bits per heavy atom. The van der Waals surface area contributed by atoms with Gasteiger partial charge in [0.15, 0.2) is 0 Å². The van der Waals surface area contributed by atoms with Gasteiger partial charge in [-0.25, -0.2) is 8.42 Å². The lowest BCUT2D eigenvalue weighted by Gasteiger charge is -2.34. The topological polar surface area (TPSA) is 98.8 Å². The molecule has 1 fully saturated rings. The molecule has 8 nitrogen and oxygen atoms in total. The van der Waals surface area contributed by atoms with Crippen LogP contribution < -0.4 is 10.6 Å². The van der Waals surface area contributed by atoms with E-state index in [1.807, 2.05) is 12.1 Å². The minimum Gasteiger partial charge on any atom is -0.374 e. The Labute approximate surface area is 199 Å². The number of piperazine rings is 1. The van der Waals surface area contributed by atoms with Crippen molar-refractivity contribution >= 4 is 33.2 Å². The second-order valence-electron chi connectivity index (χ2n) is 7.82. The number of carbonyl (C=O) groups is 2. The third kappa shape index (κ3) is 5.44. The van der Waals surface area contributed by atoms with Crippen LogP contribution in [0.4, 0.5) is 11.4 Å². The van der Waals surface area contributed by atoms with Crippen molar-refractivity contribution in [2.24, 2.45) is 0 Å². The highest BCUT2D eigenvalue weighted by Gasteiger charge is 2.29. The van der Waals surface area contributed by atoms with E-state index in [0.717, 1.165) is 0 Å². The minimum absolute atomic E-state index is 0.0314. The Balaban J connectivity index is 1.32. The molecule has 0 aromatic heterocycles. The van der Waals surface area contributed by atoms with Gasteiger partial charge in [-0.15, -0.1) is 0 Å². The molecule has 2 amide bonds. The monoisotopic (exact) mass is 478 g/mol. The smallest absolute Gasteiger partial charge is 0.255 e. The van der Waals surface area contributed by atoms with Crippen molar-refractivity contribution < 1.29 is 18.0 Å². The third-order valence-corrected chi connectivity index (χ3v) is 7.53. The van der Waals surface area contributed by atoms with Gasteiger partial charge in [-0.05, 0) is 36.4 Å². The number of benzene rings is 3. The normalized spacial score (nSPS) is 14.4.